The fourth-order valence-corrected chi connectivity index (χ4v) is 2.95. The zero-order valence-electron chi connectivity index (χ0n) is 16.7. The molecule has 0 fully saturated rings. The van der Waals surface area contributed by atoms with Crippen molar-refractivity contribution in [1.82, 2.24) is 14.9 Å². The predicted molar refractivity (Wildman–Crippen MR) is 109 cm³/mol. The van der Waals surface area contributed by atoms with E-state index in [1.54, 1.807) is 43.4 Å². The molecule has 1 atom stereocenters. The van der Waals surface area contributed by atoms with Gasteiger partial charge in [0.15, 0.2) is 6.10 Å². The molecule has 156 valence electrons. The molecule has 0 unspecified atom stereocenters. The van der Waals surface area contributed by atoms with Crippen molar-refractivity contribution < 1.29 is 18.7 Å². The maximum absolute atomic E-state index is 12.9. The molecule has 0 aliphatic carbocycles. The van der Waals surface area contributed by atoms with Crippen LogP contribution >= 0.6 is 0 Å². The number of esters is 1. The average Bonchev–Trinajstić information content (AvgIpc) is 2.74. The summed E-state index contributed by atoms with van der Waals surface area (Å²) >= 11 is 0. The summed E-state index contributed by atoms with van der Waals surface area (Å²) in [6.45, 7) is 1.67. The molecular weight excluding hydrogens is 389 g/mol. The van der Waals surface area contributed by atoms with Gasteiger partial charge in [0.05, 0.1) is 17.3 Å². The van der Waals surface area contributed by atoms with Crippen LogP contribution in [0, 0.1) is 5.82 Å². The lowest BCUT2D eigenvalue weighted by Gasteiger charge is -2.14. The fraction of sp³-hybridized carbons (Fsp3) is 0.273. The van der Waals surface area contributed by atoms with Crippen molar-refractivity contribution >= 4 is 22.8 Å². The molecule has 0 radical (unpaired) electrons. The van der Waals surface area contributed by atoms with Crippen molar-refractivity contribution in [2.24, 2.45) is 7.05 Å². The number of benzene rings is 2. The third kappa shape index (κ3) is 5.08. The molecule has 0 saturated heterocycles. The lowest BCUT2D eigenvalue weighted by atomic mass is 10.2. The lowest BCUT2D eigenvalue weighted by Crippen LogP contribution is -2.35. The van der Waals surface area contributed by atoms with Crippen LogP contribution in [-0.2, 0) is 34.3 Å². The highest BCUT2D eigenvalue weighted by Gasteiger charge is 2.18. The van der Waals surface area contributed by atoms with Gasteiger partial charge in [0, 0.05) is 20.0 Å². The highest BCUT2D eigenvalue weighted by Crippen LogP contribution is 2.09. The number of para-hydroxylation sites is 1. The van der Waals surface area contributed by atoms with E-state index in [0.717, 1.165) is 5.56 Å². The average molecular weight is 411 g/mol. The van der Waals surface area contributed by atoms with E-state index < -0.39 is 18.0 Å². The Balaban J connectivity index is 1.53. The van der Waals surface area contributed by atoms with Crippen LogP contribution in [0.4, 0.5) is 4.39 Å². The van der Waals surface area contributed by atoms with Gasteiger partial charge in [-0.25, -0.2) is 9.37 Å². The van der Waals surface area contributed by atoms with Gasteiger partial charge in [-0.2, -0.15) is 0 Å². The molecule has 1 N–H and O–H groups in total. The van der Waals surface area contributed by atoms with Crippen LogP contribution in [0.25, 0.3) is 10.9 Å². The van der Waals surface area contributed by atoms with E-state index in [1.807, 2.05) is 0 Å². The van der Waals surface area contributed by atoms with Crippen molar-refractivity contribution in [3.8, 4) is 0 Å². The second kappa shape index (κ2) is 9.30. The van der Waals surface area contributed by atoms with Crippen molar-refractivity contribution in [3.05, 3.63) is 76.1 Å². The summed E-state index contributed by atoms with van der Waals surface area (Å²) < 4.78 is 19.5. The summed E-state index contributed by atoms with van der Waals surface area (Å²) in [6.07, 6.45) is -0.792. The van der Waals surface area contributed by atoms with Crippen LogP contribution in [-0.4, -0.2) is 27.5 Å². The van der Waals surface area contributed by atoms with E-state index in [2.05, 4.69) is 10.3 Å². The fourth-order valence-electron chi connectivity index (χ4n) is 2.95. The quantitative estimate of drug-likeness (QED) is 0.603. The minimum atomic E-state index is -0.980. The molecule has 0 aliphatic heterocycles. The Bertz CT molecular complexity index is 1130. The number of halogens is 1. The topological polar surface area (TPSA) is 90.3 Å². The van der Waals surface area contributed by atoms with Crippen molar-refractivity contribution in [1.29, 1.82) is 0 Å². The molecule has 3 aromatic rings. The number of aryl methyl sites for hydroxylation is 1. The highest BCUT2D eigenvalue weighted by molar-refractivity contribution is 5.83. The number of amides is 1. The van der Waals surface area contributed by atoms with Gasteiger partial charge in [-0.15, -0.1) is 0 Å². The zero-order valence-corrected chi connectivity index (χ0v) is 16.7. The highest BCUT2D eigenvalue weighted by atomic mass is 19.1. The standard InChI is InChI=1S/C22H22FN3O4/c1-14(21(28)24-13-15-7-9-16(23)10-8-15)30-20(27)12-11-19-25-18-6-4-3-5-17(18)22(29)26(19)2/h3-10,14H,11-13H2,1-2H3,(H,24,28)/t14-/m0/s1. The largest absolute Gasteiger partial charge is 0.453 e. The molecule has 30 heavy (non-hydrogen) atoms. The minimum Gasteiger partial charge on any atom is -0.453 e. The number of carbonyl (C=O) groups excluding carboxylic acids is 2. The van der Waals surface area contributed by atoms with E-state index in [9.17, 15) is 18.8 Å². The first-order valence-corrected chi connectivity index (χ1v) is 9.51. The summed E-state index contributed by atoms with van der Waals surface area (Å²) in [6, 6.07) is 12.7. The number of nitrogens with zero attached hydrogens (tertiary/aromatic N) is 2. The number of aromatic nitrogens is 2. The van der Waals surface area contributed by atoms with Gasteiger partial charge in [-0.1, -0.05) is 24.3 Å². The molecule has 1 amide bonds. The molecule has 2 aromatic carbocycles. The second-order valence-corrected chi connectivity index (χ2v) is 6.89. The van der Waals surface area contributed by atoms with Crippen molar-refractivity contribution in [2.45, 2.75) is 32.4 Å². The van der Waals surface area contributed by atoms with Crippen LogP contribution in [0.1, 0.15) is 24.7 Å². The third-order valence-electron chi connectivity index (χ3n) is 4.69. The second-order valence-electron chi connectivity index (χ2n) is 6.89. The maximum Gasteiger partial charge on any atom is 0.307 e. The van der Waals surface area contributed by atoms with Crippen LogP contribution in [0.3, 0.4) is 0 Å². The number of rotatable bonds is 7. The summed E-state index contributed by atoms with van der Waals surface area (Å²) in [4.78, 5) is 41.1. The SMILES string of the molecule is C[C@H](OC(=O)CCc1nc2ccccc2c(=O)n1C)C(=O)NCc1ccc(F)cc1. The Morgan fingerprint density at radius 1 is 1.17 bits per heavy atom. The summed E-state index contributed by atoms with van der Waals surface area (Å²) in [5, 5.41) is 3.15. The molecule has 8 heteroatoms. The number of fused-ring (bicyclic) bond motifs is 1. The van der Waals surface area contributed by atoms with Gasteiger partial charge in [0.25, 0.3) is 11.5 Å². The number of carbonyl (C=O) groups is 2. The Morgan fingerprint density at radius 3 is 2.60 bits per heavy atom. The molecule has 0 spiro atoms. The van der Waals surface area contributed by atoms with E-state index in [-0.39, 0.29) is 30.8 Å². The molecule has 3 rings (SSSR count). The maximum atomic E-state index is 12.9. The van der Waals surface area contributed by atoms with E-state index in [4.69, 9.17) is 4.74 Å². The molecule has 1 aromatic heterocycles. The summed E-state index contributed by atoms with van der Waals surface area (Å²) in [5.74, 6) is -0.916. The molecule has 0 aliphatic rings. The molecular formula is C22H22FN3O4. The van der Waals surface area contributed by atoms with Gasteiger partial charge in [-0.3, -0.25) is 19.0 Å². The smallest absolute Gasteiger partial charge is 0.307 e. The summed E-state index contributed by atoms with van der Waals surface area (Å²) in [7, 11) is 1.61. The minimum absolute atomic E-state index is 0.0196. The Hall–Kier alpha value is -3.55. The first kappa shape index (κ1) is 21.2. The third-order valence-corrected chi connectivity index (χ3v) is 4.69. The first-order valence-electron chi connectivity index (χ1n) is 9.51. The number of nitrogens with one attached hydrogen (secondary N) is 1. The Kier molecular flexibility index (Phi) is 6.56. The monoisotopic (exact) mass is 411 g/mol. The van der Waals surface area contributed by atoms with Crippen LogP contribution in [0.15, 0.2) is 53.3 Å². The van der Waals surface area contributed by atoms with Crippen LogP contribution in [0.5, 0.6) is 0 Å². The van der Waals surface area contributed by atoms with Crippen LogP contribution in [0.2, 0.25) is 0 Å². The van der Waals surface area contributed by atoms with Crippen molar-refractivity contribution in [3.63, 3.8) is 0 Å². The van der Waals surface area contributed by atoms with Gasteiger partial charge in [0.2, 0.25) is 0 Å². The van der Waals surface area contributed by atoms with E-state index in [0.29, 0.717) is 16.7 Å². The Labute approximate surface area is 172 Å². The van der Waals surface area contributed by atoms with Gasteiger partial charge >= 0.3 is 5.97 Å². The zero-order chi connectivity index (χ0) is 21.7. The number of ether oxygens (including phenoxy) is 1. The predicted octanol–water partition coefficient (Wildman–Crippen LogP) is 2.25. The molecule has 0 saturated carbocycles. The molecule has 0 bridgehead atoms. The Morgan fingerprint density at radius 2 is 1.87 bits per heavy atom. The summed E-state index contributed by atoms with van der Waals surface area (Å²) in [5.41, 5.74) is 1.11. The number of hydrogen-bond acceptors (Lipinski definition) is 5. The van der Waals surface area contributed by atoms with Crippen molar-refractivity contribution in [2.75, 3.05) is 0 Å². The molecule has 1 heterocycles. The van der Waals surface area contributed by atoms with Gasteiger partial charge < -0.3 is 10.1 Å². The normalized spacial score (nSPS) is 11.8. The molecule has 7 nitrogen and oxygen atoms in total. The van der Waals surface area contributed by atoms with Gasteiger partial charge in [0.1, 0.15) is 11.6 Å². The number of hydrogen-bond donors (Lipinski definition) is 1. The lowest BCUT2D eigenvalue weighted by molar-refractivity contribution is -0.154. The van der Waals surface area contributed by atoms with E-state index in [1.165, 1.54) is 23.6 Å². The van der Waals surface area contributed by atoms with Crippen LogP contribution < -0.4 is 10.9 Å². The van der Waals surface area contributed by atoms with E-state index >= 15 is 0 Å². The van der Waals surface area contributed by atoms with Gasteiger partial charge in [-0.05, 0) is 36.8 Å². The first-order chi connectivity index (χ1) is 14.3.